The number of hydrogen-bond donors (Lipinski definition) is 2. The first kappa shape index (κ1) is 13.0. The predicted molar refractivity (Wildman–Crippen MR) is 82.5 cm³/mol. The van der Waals surface area contributed by atoms with Crippen molar-refractivity contribution in [1.29, 1.82) is 0 Å². The number of amides is 1. The van der Waals surface area contributed by atoms with Crippen molar-refractivity contribution < 1.29 is 4.79 Å². The van der Waals surface area contributed by atoms with Gasteiger partial charge in [0.05, 0.1) is 12.1 Å². The molecule has 104 valence electrons. The van der Waals surface area contributed by atoms with Crippen LogP contribution in [0.3, 0.4) is 0 Å². The number of rotatable bonds is 4. The first-order valence-corrected chi connectivity index (χ1v) is 7.51. The molecule has 1 heterocycles. The van der Waals surface area contributed by atoms with Crippen molar-refractivity contribution in [2.45, 2.75) is 25.4 Å². The summed E-state index contributed by atoms with van der Waals surface area (Å²) in [6.07, 6.45) is 2.15. The van der Waals surface area contributed by atoms with Gasteiger partial charge in [-0.05, 0) is 42.5 Å². The Morgan fingerprint density at radius 2 is 2.10 bits per heavy atom. The number of hydrogen-bond acceptors (Lipinski definition) is 4. The molecule has 2 aromatic rings. The first-order chi connectivity index (χ1) is 9.65. The van der Waals surface area contributed by atoms with E-state index >= 15 is 0 Å². The quantitative estimate of drug-likeness (QED) is 0.849. The van der Waals surface area contributed by atoms with Crippen LogP contribution in [0.4, 0.5) is 11.4 Å². The van der Waals surface area contributed by atoms with E-state index in [-0.39, 0.29) is 5.91 Å². The number of nitrogen functional groups attached to an aromatic ring is 2. The van der Waals surface area contributed by atoms with Crippen LogP contribution in [0.2, 0.25) is 0 Å². The Morgan fingerprint density at radius 3 is 2.70 bits per heavy atom. The minimum absolute atomic E-state index is 0.00148. The third-order valence-electron chi connectivity index (χ3n) is 3.46. The van der Waals surface area contributed by atoms with Gasteiger partial charge in [-0.2, -0.15) is 0 Å². The molecule has 4 N–H and O–H groups in total. The molecule has 0 saturated heterocycles. The lowest BCUT2D eigenvalue weighted by Crippen LogP contribution is -2.32. The van der Waals surface area contributed by atoms with E-state index in [1.807, 2.05) is 16.3 Å². The van der Waals surface area contributed by atoms with Crippen molar-refractivity contribution in [3.8, 4) is 0 Å². The van der Waals surface area contributed by atoms with Gasteiger partial charge < -0.3 is 16.4 Å². The Labute approximate surface area is 122 Å². The molecule has 1 aliphatic rings. The molecule has 1 aromatic carbocycles. The number of benzene rings is 1. The number of nitrogens with two attached hydrogens (primary N) is 2. The van der Waals surface area contributed by atoms with Gasteiger partial charge >= 0.3 is 0 Å². The molecule has 0 radical (unpaired) electrons. The van der Waals surface area contributed by atoms with E-state index in [1.165, 1.54) is 4.88 Å². The fourth-order valence-corrected chi connectivity index (χ4v) is 2.96. The van der Waals surface area contributed by atoms with Crippen LogP contribution in [-0.2, 0) is 6.54 Å². The smallest absolute Gasteiger partial charge is 0.256 e. The molecular weight excluding hydrogens is 270 g/mol. The summed E-state index contributed by atoms with van der Waals surface area (Å²) >= 11 is 1.67. The highest BCUT2D eigenvalue weighted by atomic mass is 32.1. The van der Waals surface area contributed by atoms with Gasteiger partial charge in [0.1, 0.15) is 0 Å². The third kappa shape index (κ3) is 2.63. The van der Waals surface area contributed by atoms with Gasteiger partial charge in [0.2, 0.25) is 0 Å². The largest absolute Gasteiger partial charge is 0.399 e. The molecule has 0 atom stereocenters. The summed E-state index contributed by atoms with van der Waals surface area (Å²) in [7, 11) is 0. The molecule has 0 bridgehead atoms. The summed E-state index contributed by atoms with van der Waals surface area (Å²) in [6.45, 7) is 0.658. The zero-order chi connectivity index (χ0) is 14.1. The summed E-state index contributed by atoms with van der Waals surface area (Å²) in [5, 5.41) is 2.03. The maximum absolute atomic E-state index is 12.7. The van der Waals surface area contributed by atoms with Gasteiger partial charge in [0.25, 0.3) is 5.91 Å². The van der Waals surface area contributed by atoms with Crippen LogP contribution in [0.15, 0.2) is 35.7 Å². The number of carbonyl (C=O) groups excluding carboxylic acids is 1. The second kappa shape index (κ2) is 5.17. The third-order valence-corrected chi connectivity index (χ3v) is 4.32. The molecule has 1 fully saturated rings. The van der Waals surface area contributed by atoms with E-state index in [0.29, 0.717) is 29.5 Å². The Balaban J connectivity index is 1.85. The van der Waals surface area contributed by atoms with Crippen molar-refractivity contribution >= 4 is 28.6 Å². The van der Waals surface area contributed by atoms with Crippen molar-refractivity contribution in [1.82, 2.24) is 4.90 Å². The zero-order valence-electron chi connectivity index (χ0n) is 11.1. The standard InChI is InChI=1S/C15H17N3OS/c16-10-3-6-13(14(17)8-10)15(19)18(11-4-5-11)9-12-2-1-7-20-12/h1-3,6-8,11H,4-5,9,16-17H2. The Bertz CT molecular complexity index is 620. The number of anilines is 2. The lowest BCUT2D eigenvalue weighted by Gasteiger charge is -2.22. The van der Waals surface area contributed by atoms with Crippen molar-refractivity contribution in [3.05, 3.63) is 46.2 Å². The molecule has 1 saturated carbocycles. The van der Waals surface area contributed by atoms with E-state index in [2.05, 4.69) is 6.07 Å². The average molecular weight is 287 g/mol. The van der Waals surface area contributed by atoms with Gasteiger partial charge in [-0.15, -0.1) is 11.3 Å². The van der Waals surface area contributed by atoms with Gasteiger partial charge in [-0.1, -0.05) is 6.07 Å². The molecule has 0 unspecified atom stereocenters. The van der Waals surface area contributed by atoms with Crippen LogP contribution >= 0.6 is 11.3 Å². The van der Waals surface area contributed by atoms with Crippen molar-refractivity contribution in [2.75, 3.05) is 11.5 Å². The summed E-state index contributed by atoms with van der Waals surface area (Å²) in [6, 6.07) is 9.49. The number of carbonyl (C=O) groups is 1. The lowest BCUT2D eigenvalue weighted by molar-refractivity contribution is 0.0733. The van der Waals surface area contributed by atoms with Crippen LogP contribution in [-0.4, -0.2) is 16.8 Å². The number of nitrogens with zero attached hydrogens (tertiary/aromatic N) is 1. The molecule has 0 spiro atoms. The molecule has 0 aliphatic heterocycles. The summed E-state index contributed by atoms with van der Waals surface area (Å²) < 4.78 is 0. The minimum atomic E-state index is -0.00148. The van der Waals surface area contributed by atoms with Crippen LogP contribution in [0.25, 0.3) is 0 Å². The van der Waals surface area contributed by atoms with Crippen LogP contribution < -0.4 is 11.5 Å². The van der Waals surface area contributed by atoms with Gasteiger partial charge in [-0.3, -0.25) is 4.79 Å². The molecule has 5 heteroatoms. The summed E-state index contributed by atoms with van der Waals surface area (Å²) in [5.41, 5.74) is 13.2. The molecule has 20 heavy (non-hydrogen) atoms. The average Bonchev–Trinajstić information content (AvgIpc) is 3.12. The van der Waals surface area contributed by atoms with Crippen LogP contribution in [0.5, 0.6) is 0 Å². The highest BCUT2D eigenvalue weighted by molar-refractivity contribution is 7.09. The molecule has 1 aromatic heterocycles. The SMILES string of the molecule is Nc1ccc(C(=O)N(Cc2cccs2)C2CC2)c(N)c1. The second-order valence-corrected chi connectivity index (χ2v) is 6.12. The molecule has 1 amide bonds. The fourth-order valence-electron chi connectivity index (χ4n) is 2.25. The van der Waals surface area contributed by atoms with E-state index in [0.717, 1.165) is 12.8 Å². The minimum Gasteiger partial charge on any atom is -0.399 e. The fraction of sp³-hybridized carbons (Fsp3) is 0.267. The monoisotopic (exact) mass is 287 g/mol. The lowest BCUT2D eigenvalue weighted by atomic mass is 10.1. The van der Waals surface area contributed by atoms with Gasteiger partial charge in [0, 0.05) is 22.3 Å². The first-order valence-electron chi connectivity index (χ1n) is 6.63. The molecule has 3 rings (SSSR count). The predicted octanol–water partition coefficient (Wildman–Crippen LogP) is 2.72. The van der Waals surface area contributed by atoms with E-state index in [4.69, 9.17) is 11.5 Å². The number of thiophene rings is 1. The maximum atomic E-state index is 12.7. The van der Waals surface area contributed by atoms with Crippen molar-refractivity contribution in [2.24, 2.45) is 0 Å². The van der Waals surface area contributed by atoms with E-state index < -0.39 is 0 Å². The summed E-state index contributed by atoms with van der Waals surface area (Å²) in [4.78, 5) is 15.8. The van der Waals surface area contributed by atoms with Crippen molar-refractivity contribution in [3.63, 3.8) is 0 Å². The second-order valence-electron chi connectivity index (χ2n) is 5.09. The highest BCUT2D eigenvalue weighted by Gasteiger charge is 2.33. The topological polar surface area (TPSA) is 72.4 Å². The van der Waals surface area contributed by atoms with Gasteiger partial charge in [-0.25, -0.2) is 0 Å². The Morgan fingerprint density at radius 1 is 1.30 bits per heavy atom. The molecule has 1 aliphatic carbocycles. The Kier molecular flexibility index (Phi) is 3.36. The normalized spacial score (nSPS) is 14.2. The highest BCUT2D eigenvalue weighted by Crippen LogP contribution is 2.31. The molecular formula is C15H17N3OS. The van der Waals surface area contributed by atoms with Crippen LogP contribution in [0, 0.1) is 0 Å². The zero-order valence-corrected chi connectivity index (χ0v) is 11.9. The summed E-state index contributed by atoms with van der Waals surface area (Å²) in [5.74, 6) is -0.00148. The Hall–Kier alpha value is -2.01. The van der Waals surface area contributed by atoms with Gasteiger partial charge in [0.15, 0.2) is 0 Å². The molecule has 4 nitrogen and oxygen atoms in total. The maximum Gasteiger partial charge on any atom is 0.256 e. The van der Waals surface area contributed by atoms with E-state index in [1.54, 1.807) is 29.5 Å². The van der Waals surface area contributed by atoms with E-state index in [9.17, 15) is 4.79 Å². The van der Waals surface area contributed by atoms with Crippen LogP contribution in [0.1, 0.15) is 28.1 Å².